The summed E-state index contributed by atoms with van der Waals surface area (Å²) in [4.78, 5) is 9.95. The van der Waals surface area contributed by atoms with Gasteiger partial charge in [-0.1, -0.05) is 23.8 Å². The van der Waals surface area contributed by atoms with Crippen LogP contribution in [0.25, 0.3) is 0 Å². The van der Waals surface area contributed by atoms with Crippen molar-refractivity contribution >= 4 is 11.4 Å². The van der Waals surface area contributed by atoms with E-state index >= 15 is 0 Å². The maximum atomic E-state index is 13.2. The Labute approximate surface area is 116 Å². The van der Waals surface area contributed by atoms with Crippen LogP contribution >= 0.6 is 0 Å². The fourth-order valence-corrected chi connectivity index (χ4v) is 2.00. The average molecular weight is 274 g/mol. The summed E-state index contributed by atoms with van der Waals surface area (Å²) in [6.07, 6.45) is 0. The van der Waals surface area contributed by atoms with E-state index in [-0.39, 0.29) is 0 Å². The minimum absolute atomic E-state index is 0.518. The highest BCUT2D eigenvalue weighted by molar-refractivity contribution is 5.52. The van der Waals surface area contributed by atoms with Crippen molar-refractivity contribution in [3.8, 4) is 0 Å². The molecule has 0 bridgehead atoms. The van der Waals surface area contributed by atoms with Crippen molar-refractivity contribution in [1.82, 2.24) is 0 Å². The minimum Gasteiger partial charge on any atom is -0.381 e. The fourth-order valence-electron chi connectivity index (χ4n) is 2.00. The van der Waals surface area contributed by atoms with Crippen LogP contribution in [0.4, 0.5) is 15.8 Å². The topological polar surface area (TPSA) is 55.2 Å². The number of rotatable bonds is 4. The van der Waals surface area contributed by atoms with Gasteiger partial charge in [0.1, 0.15) is 0 Å². The van der Waals surface area contributed by atoms with E-state index < -0.39 is 16.4 Å². The SMILES string of the molecule is Cc1ccc(CNc2ccc(F)c([N+](=O)[O-])c2)c(C)c1. The van der Waals surface area contributed by atoms with E-state index in [1.807, 2.05) is 26.0 Å². The molecular formula is C15H15FN2O2. The van der Waals surface area contributed by atoms with Crippen LogP contribution in [-0.4, -0.2) is 4.92 Å². The van der Waals surface area contributed by atoms with Crippen LogP contribution in [0.15, 0.2) is 36.4 Å². The second kappa shape index (κ2) is 5.69. The number of benzene rings is 2. The smallest absolute Gasteiger partial charge is 0.306 e. The lowest BCUT2D eigenvalue weighted by Gasteiger charge is -2.10. The van der Waals surface area contributed by atoms with E-state index in [1.54, 1.807) is 0 Å². The lowest BCUT2D eigenvalue weighted by molar-refractivity contribution is -0.387. The van der Waals surface area contributed by atoms with Crippen LogP contribution < -0.4 is 5.32 Å². The summed E-state index contributed by atoms with van der Waals surface area (Å²) in [5.41, 5.74) is 3.44. The molecule has 0 aliphatic heterocycles. The van der Waals surface area contributed by atoms with Gasteiger partial charge >= 0.3 is 5.69 Å². The maximum Gasteiger partial charge on any atom is 0.306 e. The van der Waals surface area contributed by atoms with Gasteiger partial charge in [0, 0.05) is 18.3 Å². The number of nitro groups is 1. The molecule has 20 heavy (non-hydrogen) atoms. The van der Waals surface area contributed by atoms with Crippen LogP contribution in [0, 0.1) is 29.8 Å². The van der Waals surface area contributed by atoms with Crippen molar-refractivity contribution in [1.29, 1.82) is 0 Å². The molecule has 0 aliphatic rings. The Balaban J connectivity index is 2.15. The maximum absolute atomic E-state index is 13.2. The third-order valence-corrected chi connectivity index (χ3v) is 3.12. The van der Waals surface area contributed by atoms with Crippen LogP contribution in [0.3, 0.4) is 0 Å². The first-order valence-corrected chi connectivity index (χ1v) is 6.21. The van der Waals surface area contributed by atoms with Crippen LogP contribution in [-0.2, 0) is 6.54 Å². The zero-order valence-corrected chi connectivity index (χ0v) is 11.3. The fraction of sp³-hybridized carbons (Fsp3) is 0.200. The largest absolute Gasteiger partial charge is 0.381 e. The Bertz CT molecular complexity index is 656. The number of anilines is 1. The third kappa shape index (κ3) is 3.12. The van der Waals surface area contributed by atoms with Gasteiger partial charge in [0.05, 0.1) is 4.92 Å². The zero-order chi connectivity index (χ0) is 14.7. The lowest BCUT2D eigenvalue weighted by atomic mass is 10.1. The zero-order valence-electron chi connectivity index (χ0n) is 11.3. The highest BCUT2D eigenvalue weighted by Crippen LogP contribution is 2.22. The quantitative estimate of drug-likeness (QED) is 0.678. The second-order valence-electron chi connectivity index (χ2n) is 4.71. The summed E-state index contributed by atoms with van der Waals surface area (Å²) in [6, 6.07) is 9.89. The van der Waals surface area contributed by atoms with E-state index in [2.05, 4.69) is 11.4 Å². The van der Waals surface area contributed by atoms with Gasteiger partial charge in [0.2, 0.25) is 5.82 Å². The number of nitrogens with one attached hydrogen (secondary N) is 1. The molecule has 2 aromatic rings. The summed E-state index contributed by atoms with van der Waals surface area (Å²) in [5.74, 6) is -0.827. The molecule has 0 atom stereocenters. The number of halogens is 1. The molecule has 4 nitrogen and oxygen atoms in total. The number of nitro benzene ring substituents is 1. The molecule has 1 N–H and O–H groups in total. The summed E-state index contributed by atoms with van der Waals surface area (Å²) in [6.45, 7) is 4.57. The number of nitrogens with zero attached hydrogens (tertiary/aromatic N) is 1. The molecule has 0 amide bonds. The molecule has 0 unspecified atom stereocenters. The molecular weight excluding hydrogens is 259 g/mol. The Hall–Kier alpha value is -2.43. The summed E-state index contributed by atoms with van der Waals surface area (Å²) in [7, 11) is 0. The highest BCUT2D eigenvalue weighted by Gasteiger charge is 2.14. The summed E-state index contributed by atoms with van der Waals surface area (Å²) >= 11 is 0. The lowest BCUT2D eigenvalue weighted by Crippen LogP contribution is -2.02. The van der Waals surface area contributed by atoms with Gasteiger partial charge in [-0.25, -0.2) is 0 Å². The molecule has 0 radical (unpaired) electrons. The third-order valence-electron chi connectivity index (χ3n) is 3.12. The Morgan fingerprint density at radius 2 is 1.95 bits per heavy atom. The van der Waals surface area contributed by atoms with Crippen LogP contribution in [0.1, 0.15) is 16.7 Å². The first kappa shape index (κ1) is 14.0. The molecule has 0 spiro atoms. The Kier molecular flexibility index (Phi) is 3.98. The van der Waals surface area contributed by atoms with Crippen LogP contribution in [0.2, 0.25) is 0 Å². The molecule has 0 saturated carbocycles. The molecule has 5 heteroatoms. The molecule has 2 rings (SSSR count). The van der Waals surface area contributed by atoms with E-state index in [0.29, 0.717) is 12.2 Å². The van der Waals surface area contributed by atoms with Crippen molar-refractivity contribution in [3.63, 3.8) is 0 Å². The monoisotopic (exact) mass is 274 g/mol. The number of hydrogen-bond donors (Lipinski definition) is 1. The van der Waals surface area contributed by atoms with Crippen molar-refractivity contribution in [2.24, 2.45) is 0 Å². The van der Waals surface area contributed by atoms with E-state index in [0.717, 1.165) is 17.2 Å². The number of aryl methyl sites for hydroxylation is 2. The van der Waals surface area contributed by atoms with Crippen molar-refractivity contribution in [3.05, 3.63) is 69.0 Å². The number of hydrogen-bond acceptors (Lipinski definition) is 3. The first-order valence-electron chi connectivity index (χ1n) is 6.21. The van der Waals surface area contributed by atoms with Gasteiger partial charge < -0.3 is 5.32 Å². The standard InChI is InChI=1S/C15H15FN2O2/c1-10-3-4-12(11(2)7-10)9-17-13-5-6-14(16)15(8-13)18(19)20/h3-8,17H,9H2,1-2H3. The summed E-state index contributed by atoms with van der Waals surface area (Å²) < 4.78 is 13.2. The Morgan fingerprint density at radius 3 is 2.60 bits per heavy atom. The van der Waals surface area contributed by atoms with Crippen molar-refractivity contribution in [2.75, 3.05) is 5.32 Å². The molecule has 0 aromatic heterocycles. The second-order valence-corrected chi connectivity index (χ2v) is 4.71. The first-order chi connectivity index (χ1) is 9.47. The van der Waals surface area contributed by atoms with Crippen molar-refractivity contribution < 1.29 is 9.31 Å². The van der Waals surface area contributed by atoms with Crippen molar-refractivity contribution in [2.45, 2.75) is 20.4 Å². The van der Waals surface area contributed by atoms with Gasteiger partial charge in [-0.3, -0.25) is 10.1 Å². The van der Waals surface area contributed by atoms with Gasteiger partial charge in [0.15, 0.2) is 0 Å². The molecule has 2 aromatic carbocycles. The van der Waals surface area contributed by atoms with Gasteiger partial charge in [0.25, 0.3) is 0 Å². The summed E-state index contributed by atoms with van der Waals surface area (Å²) in [5, 5.41) is 13.8. The Morgan fingerprint density at radius 1 is 1.20 bits per heavy atom. The average Bonchev–Trinajstić information content (AvgIpc) is 2.39. The van der Waals surface area contributed by atoms with E-state index in [9.17, 15) is 14.5 Å². The molecule has 0 heterocycles. The predicted molar refractivity (Wildman–Crippen MR) is 76.3 cm³/mol. The predicted octanol–water partition coefficient (Wildman–Crippen LogP) is 3.96. The molecule has 104 valence electrons. The molecule has 0 aliphatic carbocycles. The molecule has 0 fully saturated rings. The van der Waals surface area contributed by atoms with Gasteiger partial charge in [-0.05, 0) is 37.1 Å². The normalized spacial score (nSPS) is 10.3. The molecule has 0 saturated heterocycles. The minimum atomic E-state index is -0.827. The van der Waals surface area contributed by atoms with Gasteiger partial charge in [-0.2, -0.15) is 4.39 Å². The van der Waals surface area contributed by atoms with Gasteiger partial charge in [-0.15, -0.1) is 0 Å². The van der Waals surface area contributed by atoms with E-state index in [1.165, 1.54) is 17.7 Å². The van der Waals surface area contributed by atoms with E-state index in [4.69, 9.17) is 0 Å². The van der Waals surface area contributed by atoms with Crippen LogP contribution in [0.5, 0.6) is 0 Å². The highest BCUT2D eigenvalue weighted by atomic mass is 19.1.